The molecule has 8 aromatic rings. The number of ether oxygens (including phenoxy) is 1. The highest BCUT2D eigenvalue weighted by atomic mass is 32.2. The van der Waals surface area contributed by atoms with Crippen LogP contribution in [0.25, 0.3) is 37.7 Å². The van der Waals surface area contributed by atoms with Crippen LogP contribution in [0, 0.1) is 32.1 Å². The van der Waals surface area contributed by atoms with E-state index in [1.165, 1.54) is 38.1 Å². The van der Waals surface area contributed by atoms with Gasteiger partial charge in [0.1, 0.15) is 49.8 Å². The van der Waals surface area contributed by atoms with Gasteiger partial charge in [0.15, 0.2) is 11.3 Å². The Labute approximate surface area is 494 Å². The summed E-state index contributed by atoms with van der Waals surface area (Å²) in [5, 5.41) is 48.7. The van der Waals surface area contributed by atoms with Crippen molar-refractivity contribution in [2.75, 3.05) is 29.2 Å². The van der Waals surface area contributed by atoms with E-state index in [0.29, 0.717) is 29.0 Å². The van der Waals surface area contributed by atoms with E-state index in [9.17, 15) is 93.0 Å². The standard InChI is InChI=1S/C46H41N11O21S8/c1-21-12-33(53-55-40-23(3)29(20-47)44-49-35-14-25(83(66,67)68)11-22(2)42(35)57(44)45(40)59)36(78-7-5-9-81(60,61)62)18-30(21)51-54-34-17-31(48-24(4)58)32(19-37(34)79-8-6-10-82(63,64)65)52-56-46-50-41-39(86(75,76)77)16-27-28(43(41)80-46)13-26(84(69,70)71)15-38(27)85(72,73)74/h11-19,59H,5-10H2,1-4H3,(H,48,58)(H,60,61,62)(H,63,64,65)(H,66,67,68)(H,69,70,71)(H,72,73,74)(H,75,76,77). The molecule has 1 amide bonds. The number of thiazole rings is 1. The first kappa shape index (κ1) is 64.4. The summed E-state index contributed by atoms with van der Waals surface area (Å²) in [7, 11) is -29.4. The van der Waals surface area contributed by atoms with E-state index in [4.69, 9.17) is 4.74 Å². The van der Waals surface area contributed by atoms with Crippen LogP contribution in [0.15, 0.2) is 110 Å². The van der Waals surface area contributed by atoms with Crippen LogP contribution in [-0.2, 0) is 65.5 Å². The zero-order valence-corrected chi connectivity index (χ0v) is 50.6. The third-order valence-electron chi connectivity index (χ3n) is 12.1. The van der Waals surface area contributed by atoms with Gasteiger partial charge in [-0.3, -0.25) is 36.5 Å². The monoisotopic (exact) mass is 1340 g/mol. The number of aryl methyl sites for hydroxylation is 2. The van der Waals surface area contributed by atoms with Crippen LogP contribution in [0.1, 0.15) is 42.0 Å². The van der Waals surface area contributed by atoms with E-state index in [-0.39, 0.29) is 108 Å². The average Bonchev–Trinajstić information content (AvgIpc) is 1.47. The Bertz CT molecular complexity index is 5080. The fraction of sp³-hybridized carbons (Fsp3) is 0.217. The Hall–Kier alpha value is -7.63. The number of hydrogen-bond acceptors (Lipinski definition) is 26. The van der Waals surface area contributed by atoms with Crippen molar-refractivity contribution in [1.82, 2.24) is 14.4 Å². The molecule has 0 saturated heterocycles. The Morgan fingerprint density at radius 3 is 1.91 bits per heavy atom. The van der Waals surface area contributed by atoms with Crippen molar-refractivity contribution in [2.24, 2.45) is 30.7 Å². The van der Waals surface area contributed by atoms with Crippen molar-refractivity contribution >= 4 is 167 Å². The molecule has 86 heavy (non-hydrogen) atoms. The fourth-order valence-corrected chi connectivity index (χ4v) is 14.0. The van der Waals surface area contributed by atoms with Gasteiger partial charge in [0.25, 0.3) is 60.7 Å². The second-order valence-corrected chi connectivity index (χ2v) is 29.2. The van der Waals surface area contributed by atoms with Crippen molar-refractivity contribution < 1.29 is 92.5 Å². The molecule has 0 aliphatic rings. The molecule has 3 aromatic heterocycles. The summed E-state index contributed by atoms with van der Waals surface area (Å²) < 4.78 is 210. The smallest absolute Gasteiger partial charge is 0.296 e. The topological polar surface area (TPSA) is 513 Å². The van der Waals surface area contributed by atoms with Crippen LogP contribution in [0.3, 0.4) is 0 Å². The van der Waals surface area contributed by atoms with Crippen molar-refractivity contribution in [3.05, 3.63) is 76.9 Å². The summed E-state index contributed by atoms with van der Waals surface area (Å²) in [5.74, 6) is -2.84. The molecule has 0 aliphatic heterocycles. The van der Waals surface area contributed by atoms with Crippen molar-refractivity contribution in [1.29, 1.82) is 5.26 Å². The summed E-state index contributed by atoms with van der Waals surface area (Å²) in [6.07, 6.45) is -0.384. The maximum atomic E-state index is 12.7. The number of nitrogens with one attached hydrogen (secondary N) is 1. The third-order valence-corrected chi connectivity index (χ3v) is 19.2. The molecule has 0 spiro atoms. The molecule has 0 saturated carbocycles. The molecule has 5 aromatic carbocycles. The van der Waals surface area contributed by atoms with Gasteiger partial charge in [-0.1, -0.05) is 11.3 Å². The number of nitrogens with zero attached hydrogens (tertiary/aromatic N) is 10. The predicted octanol–water partition coefficient (Wildman–Crippen LogP) is 8.97. The Morgan fingerprint density at radius 2 is 1.29 bits per heavy atom. The molecule has 8 N–H and O–H groups in total. The Morgan fingerprint density at radius 1 is 0.674 bits per heavy atom. The SMILES string of the molecule is CC(=O)Nc1cc(N=Nc2cc(OCCCS(=O)(=O)O)c(N=Nc3c(C)c(C#N)c4nc5cc(S(=O)(=O)O)cc(C)c5n4c3O)cc2C)c(SCCCS(=O)(=O)O)cc1N=Nc1nc2c(S(=O)(=O)O)cc3c(S(=O)(=O)O)cc(S(=O)(=O)O)cc3c2s1. The number of hydrogen-bond donors (Lipinski definition) is 8. The number of azo groups is 3. The van der Waals surface area contributed by atoms with Crippen LogP contribution >= 0.6 is 23.1 Å². The molecule has 454 valence electrons. The number of aromatic nitrogens is 3. The van der Waals surface area contributed by atoms with E-state index in [1.54, 1.807) is 6.92 Å². The number of amides is 1. The van der Waals surface area contributed by atoms with Gasteiger partial charge < -0.3 is 15.2 Å². The number of rotatable bonds is 21. The molecule has 32 nitrogen and oxygen atoms in total. The number of benzene rings is 5. The highest BCUT2D eigenvalue weighted by Gasteiger charge is 2.29. The van der Waals surface area contributed by atoms with Crippen LogP contribution in [0.2, 0.25) is 0 Å². The molecular weight excluding hydrogens is 1300 g/mol. The number of pyridine rings is 1. The molecule has 0 bridgehead atoms. The lowest BCUT2D eigenvalue weighted by Gasteiger charge is -2.13. The largest absolute Gasteiger partial charge is 0.493 e. The van der Waals surface area contributed by atoms with Crippen molar-refractivity contribution in [3.63, 3.8) is 0 Å². The maximum Gasteiger partial charge on any atom is 0.296 e. The molecule has 0 unspecified atom stereocenters. The molecule has 0 atom stereocenters. The minimum atomic E-state index is -5.36. The molecule has 0 radical (unpaired) electrons. The normalized spacial score (nSPS) is 13.1. The number of carbonyl (C=O) groups is 1. The lowest BCUT2D eigenvalue weighted by Crippen LogP contribution is -2.08. The maximum absolute atomic E-state index is 12.7. The van der Waals surface area contributed by atoms with Gasteiger partial charge in [-0.05, 0) is 99.0 Å². The third kappa shape index (κ3) is 14.4. The highest BCUT2D eigenvalue weighted by Crippen LogP contribution is 2.46. The molecular formula is C46H41N11O21S8. The summed E-state index contributed by atoms with van der Waals surface area (Å²) in [5.41, 5.74) is -0.732. The number of anilines is 1. The van der Waals surface area contributed by atoms with Crippen molar-refractivity contribution in [3.8, 4) is 17.7 Å². The number of fused-ring (bicyclic) bond motifs is 6. The molecule has 3 heterocycles. The van der Waals surface area contributed by atoms with Crippen LogP contribution in [-0.4, -0.2) is 127 Å². The quantitative estimate of drug-likeness (QED) is 0.0144. The van der Waals surface area contributed by atoms with Crippen molar-refractivity contribution in [2.45, 2.75) is 65.0 Å². The first-order chi connectivity index (χ1) is 39.8. The summed E-state index contributed by atoms with van der Waals surface area (Å²) >= 11 is 1.42. The van der Waals surface area contributed by atoms with Crippen LogP contribution in [0.4, 0.5) is 39.3 Å². The molecule has 0 fully saturated rings. The van der Waals surface area contributed by atoms with Gasteiger partial charge in [0.05, 0.1) is 55.0 Å². The Balaban J connectivity index is 1.24. The lowest BCUT2D eigenvalue weighted by atomic mass is 10.1. The number of aromatic hydroxyl groups is 1. The second-order valence-electron chi connectivity index (χ2n) is 18.3. The minimum Gasteiger partial charge on any atom is -0.493 e. The van der Waals surface area contributed by atoms with Gasteiger partial charge in [-0.15, -0.1) is 37.3 Å². The summed E-state index contributed by atoms with van der Waals surface area (Å²) in [6.45, 7) is 5.20. The minimum absolute atomic E-state index is 0.0145. The number of nitriles is 1. The van der Waals surface area contributed by atoms with Gasteiger partial charge in [-0.25, -0.2) is 9.97 Å². The zero-order chi connectivity index (χ0) is 63.4. The van der Waals surface area contributed by atoms with E-state index in [2.05, 4.69) is 46.0 Å². The fourth-order valence-electron chi connectivity index (χ4n) is 8.35. The lowest BCUT2D eigenvalue weighted by molar-refractivity contribution is -0.114. The van der Waals surface area contributed by atoms with Gasteiger partial charge in [0, 0.05) is 34.2 Å². The predicted molar refractivity (Wildman–Crippen MR) is 308 cm³/mol. The van der Waals surface area contributed by atoms with Gasteiger partial charge in [-0.2, -0.15) is 60.9 Å². The Kier molecular flexibility index (Phi) is 17.9. The highest BCUT2D eigenvalue weighted by molar-refractivity contribution is 7.99. The number of imidazole rings is 1. The first-order valence-electron chi connectivity index (χ1n) is 23.7. The van der Waals surface area contributed by atoms with Crippen LogP contribution < -0.4 is 10.1 Å². The number of carbonyl (C=O) groups excluding carboxylic acids is 1. The first-order valence-corrected chi connectivity index (χ1v) is 34.5. The van der Waals surface area contributed by atoms with E-state index >= 15 is 0 Å². The second kappa shape index (κ2) is 23.9. The van der Waals surface area contributed by atoms with E-state index in [0.717, 1.165) is 41.3 Å². The molecule has 40 heteroatoms. The number of thioether (sulfide) groups is 1. The van der Waals surface area contributed by atoms with Crippen LogP contribution in [0.5, 0.6) is 11.6 Å². The van der Waals surface area contributed by atoms with Gasteiger partial charge >= 0.3 is 0 Å². The summed E-state index contributed by atoms with van der Waals surface area (Å²) in [4.78, 5) is 17.5. The van der Waals surface area contributed by atoms with E-state index < -0.39 is 125 Å². The van der Waals surface area contributed by atoms with E-state index in [1.807, 2.05) is 6.07 Å². The zero-order valence-electron chi connectivity index (χ0n) is 44.0. The summed E-state index contributed by atoms with van der Waals surface area (Å²) in [6, 6.07) is 11.1. The molecule has 0 aliphatic carbocycles. The average molecular weight is 1340 g/mol. The van der Waals surface area contributed by atoms with Gasteiger partial charge in [0.2, 0.25) is 16.9 Å². The molecule has 8 rings (SSSR count).